The average molecular weight is 336 g/mol. The quantitative estimate of drug-likeness (QED) is 0.431. The van der Waals surface area contributed by atoms with Crippen molar-refractivity contribution in [1.82, 2.24) is 10.4 Å². The number of fused-ring (bicyclic) bond motifs is 1. The summed E-state index contributed by atoms with van der Waals surface area (Å²) in [6, 6.07) is 14.5. The van der Waals surface area contributed by atoms with E-state index < -0.39 is 22.3 Å². The first kappa shape index (κ1) is 16.1. The van der Waals surface area contributed by atoms with E-state index in [2.05, 4.69) is 15.5 Å². The molecule has 0 spiro atoms. The van der Waals surface area contributed by atoms with Gasteiger partial charge < -0.3 is 5.11 Å². The number of aromatic hydroxyl groups is 1. The summed E-state index contributed by atoms with van der Waals surface area (Å²) in [5, 5.41) is 24.8. The molecular formula is C17H12N4O4. The van der Waals surface area contributed by atoms with E-state index in [-0.39, 0.29) is 5.69 Å². The van der Waals surface area contributed by atoms with Crippen molar-refractivity contribution >= 4 is 28.7 Å². The Morgan fingerprint density at radius 2 is 2.00 bits per heavy atom. The zero-order valence-corrected chi connectivity index (χ0v) is 12.8. The van der Waals surface area contributed by atoms with Crippen LogP contribution < -0.4 is 5.43 Å². The molecule has 8 nitrogen and oxygen atoms in total. The van der Waals surface area contributed by atoms with Crippen molar-refractivity contribution in [3.63, 3.8) is 0 Å². The summed E-state index contributed by atoms with van der Waals surface area (Å²) in [5.74, 6) is -0.943. The number of para-hydroxylation sites is 1. The summed E-state index contributed by atoms with van der Waals surface area (Å²) in [4.78, 5) is 26.4. The van der Waals surface area contributed by atoms with Gasteiger partial charge in [-0.05, 0) is 24.3 Å². The van der Waals surface area contributed by atoms with Gasteiger partial charge >= 0.3 is 5.69 Å². The van der Waals surface area contributed by atoms with Gasteiger partial charge in [-0.1, -0.05) is 24.3 Å². The number of pyridine rings is 1. The minimum absolute atomic E-state index is 0.201. The molecule has 0 saturated carbocycles. The number of aromatic nitrogens is 1. The second-order valence-corrected chi connectivity index (χ2v) is 5.09. The van der Waals surface area contributed by atoms with Gasteiger partial charge in [0.2, 0.25) is 0 Å². The second-order valence-electron chi connectivity index (χ2n) is 5.09. The third-order valence-corrected chi connectivity index (χ3v) is 3.41. The van der Waals surface area contributed by atoms with Crippen LogP contribution in [0.4, 0.5) is 5.69 Å². The molecule has 0 aliphatic rings. The molecule has 2 aromatic carbocycles. The monoisotopic (exact) mass is 336 g/mol. The highest BCUT2D eigenvalue weighted by Gasteiger charge is 2.13. The van der Waals surface area contributed by atoms with Gasteiger partial charge in [0.15, 0.2) is 5.75 Å². The number of nitro groups is 1. The van der Waals surface area contributed by atoms with Gasteiger partial charge in [-0.2, -0.15) is 5.10 Å². The van der Waals surface area contributed by atoms with Gasteiger partial charge in [0.1, 0.15) is 5.69 Å². The maximum atomic E-state index is 12.1. The number of phenolic OH excluding ortho intramolecular Hbond substituents is 1. The number of amides is 1. The standard InChI is InChI=1S/C17H12N4O4/c22-16-8-5-11(9-15(16)21(24)25)10-18-20-17(23)14-7-6-12-3-1-2-4-13(12)19-14/h1-10,22H,(H,20,23)/b18-10-. The van der Waals surface area contributed by atoms with Crippen molar-refractivity contribution in [3.8, 4) is 5.75 Å². The van der Waals surface area contributed by atoms with Crippen molar-refractivity contribution in [2.75, 3.05) is 0 Å². The fourth-order valence-corrected chi connectivity index (χ4v) is 2.18. The molecule has 0 saturated heterocycles. The van der Waals surface area contributed by atoms with E-state index in [9.17, 15) is 20.0 Å². The third-order valence-electron chi connectivity index (χ3n) is 3.41. The molecule has 1 aromatic heterocycles. The van der Waals surface area contributed by atoms with E-state index in [1.54, 1.807) is 18.2 Å². The van der Waals surface area contributed by atoms with E-state index in [0.29, 0.717) is 11.1 Å². The number of carbonyl (C=O) groups is 1. The van der Waals surface area contributed by atoms with Crippen LogP contribution in [0, 0.1) is 10.1 Å². The molecule has 124 valence electrons. The van der Waals surface area contributed by atoms with Crippen LogP contribution in [0.15, 0.2) is 59.7 Å². The first-order valence-corrected chi connectivity index (χ1v) is 7.21. The van der Waals surface area contributed by atoms with E-state index in [0.717, 1.165) is 11.5 Å². The number of nitrogens with one attached hydrogen (secondary N) is 1. The van der Waals surface area contributed by atoms with E-state index in [4.69, 9.17) is 0 Å². The molecule has 0 radical (unpaired) electrons. The molecule has 0 aliphatic carbocycles. The lowest BCUT2D eigenvalue weighted by Gasteiger charge is -2.02. The molecule has 0 bridgehead atoms. The summed E-state index contributed by atoms with van der Waals surface area (Å²) in [6.07, 6.45) is 1.24. The molecule has 3 aromatic rings. The van der Waals surface area contributed by atoms with Crippen LogP contribution in [0.5, 0.6) is 5.75 Å². The molecule has 1 amide bonds. The summed E-state index contributed by atoms with van der Waals surface area (Å²) in [6.45, 7) is 0. The summed E-state index contributed by atoms with van der Waals surface area (Å²) in [5.41, 5.74) is 3.12. The predicted molar refractivity (Wildman–Crippen MR) is 91.6 cm³/mol. The summed E-state index contributed by atoms with van der Waals surface area (Å²) in [7, 11) is 0. The Morgan fingerprint density at radius 3 is 2.80 bits per heavy atom. The van der Waals surface area contributed by atoms with Crippen molar-refractivity contribution in [1.29, 1.82) is 0 Å². The predicted octanol–water partition coefficient (Wildman–Crippen LogP) is 2.61. The topological polar surface area (TPSA) is 118 Å². The SMILES string of the molecule is O=C(N/N=C\c1ccc(O)c([N+](=O)[O-])c1)c1ccc2ccccc2n1. The number of benzene rings is 2. The summed E-state index contributed by atoms with van der Waals surface area (Å²) >= 11 is 0. The number of rotatable bonds is 4. The number of phenols is 1. The van der Waals surface area contributed by atoms with Crippen molar-refractivity contribution in [2.24, 2.45) is 5.10 Å². The van der Waals surface area contributed by atoms with Crippen LogP contribution in [-0.4, -0.2) is 27.1 Å². The highest BCUT2D eigenvalue weighted by atomic mass is 16.6. The van der Waals surface area contributed by atoms with Crippen LogP contribution in [0.25, 0.3) is 10.9 Å². The zero-order chi connectivity index (χ0) is 17.8. The maximum absolute atomic E-state index is 12.1. The molecular weight excluding hydrogens is 324 g/mol. The molecule has 0 unspecified atom stereocenters. The van der Waals surface area contributed by atoms with Crippen LogP contribution >= 0.6 is 0 Å². The Balaban J connectivity index is 1.73. The van der Waals surface area contributed by atoms with Gasteiger partial charge in [0.25, 0.3) is 5.91 Å². The number of nitro benzene ring substituents is 1. The largest absolute Gasteiger partial charge is 0.502 e. The molecule has 0 aliphatic heterocycles. The molecule has 25 heavy (non-hydrogen) atoms. The number of hydrazone groups is 1. The summed E-state index contributed by atoms with van der Waals surface area (Å²) < 4.78 is 0. The van der Waals surface area contributed by atoms with E-state index >= 15 is 0 Å². The van der Waals surface area contributed by atoms with Gasteiger partial charge in [-0.3, -0.25) is 14.9 Å². The third kappa shape index (κ3) is 3.58. The highest BCUT2D eigenvalue weighted by Crippen LogP contribution is 2.25. The molecule has 0 atom stereocenters. The van der Waals surface area contributed by atoms with Crippen molar-refractivity contribution in [3.05, 3.63) is 76.0 Å². The Bertz CT molecular complexity index is 1000. The number of carbonyl (C=O) groups excluding carboxylic acids is 1. The number of hydrogen-bond donors (Lipinski definition) is 2. The lowest BCUT2D eigenvalue weighted by molar-refractivity contribution is -0.385. The molecule has 3 rings (SSSR count). The molecule has 0 fully saturated rings. The molecule has 2 N–H and O–H groups in total. The van der Waals surface area contributed by atoms with Crippen molar-refractivity contribution in [2.45, 2.75) is 0 Å². The van der Waals surface area contributed by atoms with Gasteiger partial charge in [-0.25, -0.2) is 10.4 Å². The fourth-order valence-electron chi connectivity index (χ4n) is 2.18. The first-order valence-electron chi connectivity index (χ1n) is 7.21. The van der Waals surface area contributed by atoms with Crippen LogP contribution in [0.2, 0.25) is 0 Å². The molecule has 1 heterocycles. The molecule has 8 heteroatoms. The van der Waals surface area contributed by atoms with Gasteiger partial charge in [0.05, 0.1) is 16.7 Å². The maximum Gasteiger partial charge on any atom is 0.311 e. The van der Waals surface area contributed by atoms with Crippen LogP contribution in [0.3, 0.4) is 0 Å². The minimum Gasteiger partial charge on any atom is -0.502 e. The minimum atomic E-state index is -0.704. The van der Waals surface area contributed by atoms with Gasteiger partial charge in [-0.15, -0.1) is 0 Å². The number of nitrogens with zero attached hydrogens (tertiary/aromatic N) is 3. The Kier molecular flexibility index (Phi) is 4.34. The lowest BCUT2D eigenvalue weighted by atomic mass is 10.2. The van der Waals surface area contributed by atoms with Gasteiger partial charge in [0, 0.05) is 17.0 Å². The Labute approximate surface area is 141 Å². The second kappa shape index (κ2) is 6.75. The van der Waals surface area contributed by atoms with Crippen LogP contribution in [0.1, 0.15) is 16.1 Å². The first-order chi connectivity index (χ1) is 12.0. The Morgan fingerprint density at radius 1 is 1.20 bits per heavy atom. The zero-order valence-electron chi connectivity index (χ0n) is 12.8. The normalized spacial score (nSPS) is 10.9. The highest BCUT2D eigenvalue weighted by molar-refractivity contribution is 5.95. The van der Waals surface area contributed by atoms with Crippen LogP contribution in [-0.2, 0) is 0 Å². The lowest BCUT2D eigenvalue weighted by Crippen LogP contribution is -2.18. The van der Waals surface area contributed by atoms with Crippen molar-refractivity contribution < 1.29 is 14.8 Å². The van der Waals surface area contributed by atoms with E-state index in [1.165, 1.54) is 18.3 Å². The van der Waals surface area contributed by atoms with E-state index in [1.807, 2.05) is 18.2 Å². The average Bonchev–Trinajstić information content (AvgIpc) is 2.62. The smallest absolute Gasteiger partial charge is 0.311 e. The fraction of sp³-hybridized carbons (Fsp3) is 0. The Hall–Kier alpha value is -3.81. The number of hydrogen-bond acceptors (Lipinski definition) is 6.